The lowest BCUT2D eigenvalue weighted by molar-refractivity contribution is -0.189. The summed E-state index contributed by atoms with van der Waals surface area (Å²) in [6.07, 6.45) is -3.52. The van der Waals surface area contributed by atoms with Crippen LogP contribution in [0.3, 0.4) is 0 Å². The van der Waals surface area contributed by atoms with Crippen LogP contribution in [0.5, 0.6) is 0 Å². The van der Waals surface area contributed by atoms with Gasteiger partial charge in [0.1, 0.15) is 4.83 Å². The monoisotopic (exact) mass is 423 g/mol. The highest BCUT2D eigenvalue weighted by molar-refractivity contribution is 7.18. The van der Waals surface area contributed by atoms with Crippen LogP contribution < -0.4 is 5.56 Å². The van der Waals surface area contributed by atoms with Gasteiger partial charge in [-0.1, -0.05) is 30.3 Å². The molecule has 0 aliphatic heterocycles. The number of amides is 1. The first kappa shape index (κ1) is 21.0. The number of rotatable bonds is 5. The number of carbonyl (C=O) groups is 1. The first-order chi connectivity index (χ1) is 13.6. The Morgan fingerprint density at radius 1 is 1.24 bits per heavy atom. The summed E-state index contributed by atoms with van der Waals surface area (Å²) in [6, 6.07) is 5.24. The van der Waals surface area contributed by atoms with Gasteiger partial charge in [0, 0.05) is 24.9 Å². The van der Waals surface area contributed by atoms with E-state index in [1.54, 1.807) is 6.07 Å². The molecule has 0 saturated carbocycles. The number of aryl methyl sites for hydroxylation is 3. The molecule has 5 nitrogen and oxygen atoms in total. The van der Waals surface area contributed by atoms with Crippen LogP contribution in [0.15, 0.2) is 41.5 Å². The summed E-state index contributed by atoms with van der Waals surface area (Å²) in [4.78, 5) is 31.7. The van der Waals surface area contributed by atoms with E-state index in [2.05, 4.69) is 4.98 Å². The molecule has 29 heavy (non-hydrogen) atoms. The third kappa shape index (κ3) is 4.19. The van der Waals surface area contributed by atoms with Crippen molar-refractivity contribution in [2.75, 3.05) is 7.05 Å². The van der Waals surface area contributed by atoms with Gasteiger partial charge >= 0.3 is 6.18 Å². The molecule has 1 aromatic carbocycles. The molecule has 1 unspecified atom stereocenters. The van der Waals surface area contributed by atoms with Crippen molar-refractivity contribution in [3.8, 4) is 0 Å². The minimum absolute atomic E-state index is 0.0134. The summed E-state index contributed by atoms with van der Waals surface area (Å²) in [6.45, 7) is 3.68. The van der Waals surface area contributed by atoms with Crippen molar-refractivity contribution in [1.29, 1.82) is 0 Å². The van der Waals surface area contributed by atoms with Gasteiger partial charge < -0.3 is 4.90 Å². The summed E-state index contributed by atoms with van der Waals surface area (Å²) < 4.78 is 42.1. The fourth-order valence-electron chi connectivity index (χ4n) is 3.23. The van der Waals surface area contributed by atoms with Gasteiger partial charge in [0.15, 0.2) is 6.04 Å². The molecule has 1 amide bonds. The number of aromatic nitrogens is 2. The number of halogens is 3. The predicted octanol–water partition coefficient (Wildman–Crippen LogP) is 4.23. The number of fused-ring (bicyclic) bond motifs is 1. The lowest BCUT2D eigenvalue weighted by Crippen LogP contribution is -2.40. The zero-order chi connectivity index (χ0) is 21.3. The van der Waals surface area contributed by atoms with Gasteiger partial charge in [0.2, 0.25) is 5.91 Å². The van der Waals surface area contributed by atoms with Crippen LogP contribution >= 0.6 is 11.3 Å². The molecule has 0 saturated heterocycles. The molecule has 0 bridgehead atoms. The van der Waals surface area contributed by atoms with Gasteiger partial charge in [0.25, 0.3) is 5.56 Å². The normalized spacial score (nSPS) is 12.9. The van der Waals surface area contributed by atoms with Crippen LogP contribution in [0.2, 0.25) is 0 Å². The SMILES string of the molecule is Cc1sc2ncn(CCC(=O)N(C)C(c3ccccc3)C(F)(F)F)c(=O)c2c1C. The highest BCUT2D eigenvalue weighted by Crippen LogP contribution is 2.37. The highest BCUT2D eigenvalue weighted by atomic mass is 32.1. The second-order valence-corrected chi connectivity index (χ2v) is 8.02. The topological polar surface area (TPSA) is 55.2 Å². The van der Waals surface area contributed by atoms with Crippen molar-refractivity contribution in [1.82, 2.24) is 14.5 Å². The molecule has 154 valence electrons. The molecule has 9 heteroatoms. The molecular weight excluding hydrogens is 403 g/mol. The number of alkyl halides is 3. The van der Waals surface area contributed by atoms with E-state index in [-0.39, 0.29) is 24.1 Å². The van der Waals surface area contributed by atoms with Gasteiger partial charge in [-0.15, -0.1) is 11.3 Å². The van der Waals surface area contributed by atoms with Gasteiger partial charge in [-0.2, -0.15) is 13.2 Å². The maximum absolute atomic E-state index is 13.6. The van der Waals surface area contributed by atoms with Crippen LogP contribution in [0.4, 0.5) is 13.2 Å². The largest absolute Gasteiger partial charge is 0.413 e. The van der Waals surface area contributed by atoms with E-state index in [1.807, 2.05) is 13.8 Å². The van der Waals surface area contributed by atoms with Gasteiger partial charge in [0.05, 0.1) is 11.7 Å². The second-order valence-electron chi connectivity index (χ2n) is 6.82. The van der Waals surface area contributed by atoms with E-state index in [0.29, 0.717) is 15.1 Å². The smallest absolute Gasteiger partial charge is 0.330 e. The van der Waals surface area contributed by atoms with Gasteiger partial charge in [-0.25, -0.2) is 4.98 Å². The number of hydrogen-bond acceptors (Lipinski definition) is 4. The molecular formula is C20H20F3N3O2S. The zero-order valence-corrected chi connectivity index (χ0v) is 17.0. The summed E-state index contributed by atoms with van der Waals surface area (Å²) >= 11 is 1.41. The van der Waals surface area contributed by atoms with Crippen molar-refractivity contribution in [3.63, 3.8) is 0 Å². The molecule has 2 heterocycles. The maximum Gasteiger partial charge on any atom is 0.413 e. The summed E-state index contributed by atoms with van der Waals surface area (Å²) in [5.74, 6) is -0.707. The van der Waals surface area contributed by atoms with E-state index >= 15 is 0 Å². The average Bonchev–Trinajstić information content (AvgIpc) is 2.95. The lowest BCUT2D eigenvalue weighted by atomic mass is 10.0. The van der Waals surface area contributed by atoms with Crippen LogP contribution in [-0.4, -0.2) is 33.6 Å². The van der Waals surface area contributed by atoms with Crippen LogP contribution in [0, 0.1) is 13.8 Å². The van der Waals surface area contributed by atoms with E-state index in [0.717, 1.165) is 17.5 Å². The molecule has 3 aromatic rings. The fraction of sp³-hybridized carbons (Fsp3) is 0.350. The number of thiophene rings is 1. The van der Waals surface area contributed by atoms with E-state index in [1.165, 1.54) is 46.5 Å². The lowest BCUT2D eigenvalue weighted by Gasteiger charge is -2.30. The quantitative estimate of drug-likeness (QED) is 0.617. The first-order valence-corrected chi connectivity index (χ1v) is 9.75. The average molecular weight is 423 g/mol. The van der Waals surface area contributed by atoms with Crippen molar-refractivity contribution in [2.24, 2.45) is 0 Å². The van der Waals surface area contributed by atoms with E-state index in [9.17, 15) is 22.8 Å². The zero-order valence-electron chi connectivity index (χ0n) is 16.2. The molecule has 0 aliphatic rings. The molecule has 2 aromatic heterocycles. The van der Waals surface area contributed by atoms with Crippen LogP contribution in [0.1, 0.15) is 28.5 Å². The maximum atomic E-state index is 13.6. The Bertz CT molecular complexity index is 1090. The van der Waals surface area contributed by atoms with Crippen molar-refractivity contribution < 1.29 is 18.0 Å². The van der Waals surface area contributed by atoms with E-state index < -0.39 is 18.1 Å². The summed E-state index contributed by atoms with van der Waals surface area (Å²) in [5.41, 5.74) is 0.532. The molecule has 3 rings (SSSR count). The van der Waals surface area contributed by atoms with Gasteiger partial charge in [-0.05, 0) is 25.0 Å². The van der Waals surface area contributed by atoms with Crippen molar-refractivity contribution in [3.05, 3.63) is 63.0 Å². The second kappa shape index (κ2) is 7.98. The molecule has 0 radical (unpaired) electrons. The third-order valence-corrected chi connectivity index (χ3v) is 6.04. The first-order valence-electron chi connectivity index (χ1n) is 8.93. The highest BCUT2D eigenvalue weighted by Gasteiger charge is 2.44. The molecule has 0 N–H and O–H groups in total. The Hall–Kier alpha value is -2.68. The Kier molecular flexibility index (Phi) is 5.79. The Morgan fingerprint density at radius 3 is 2.52 bits per heavy atom. The third-order valence-electron chi connectivity index (χ3n) is 4.93. The standard InChI is InChI=1S/C20H20F3N3O2S/c1-12-13(2)29-18-16(12)19(28)26(11-24-18)10-9-15(27)25(3)17(20(21,22)23)14-7-5-4-6-8-14/h4-8,11,17H,9-10H2,1-3H3. The minimum Gasteiger partial charge on any atom is -0.330 e. The number of nitrogens with zero attached hydrogens (tertiary/aromatic N) is 3. The molecule has 0 fully saturated rings. The Morgan fingerprint density at radius 2 is 1.90 bits per heavy atom. The number of benzene rings is 1. The summed E-state index contributed by atoms with van der Waals surface area (Å²) in [7, 11) is 1.13. The minimum atomic E-state index is -4.62. The summed E-state index contributed by atoms with van der Waals surface area (Å²) in [5, 5.41) is 0.494. The Labute approximate surface area is 169 Å². The predicted molar refractivity (Wildman–Crippen MR) is 106 cm³/mol. The van der Waals surface area contributed by atoms with Crippen LogP contribution in [0.25, 0.3) is 10.2 Å². The van der Waals surface area contributed by atoms with Gasteiger partial charge in [-0.3, -0.25) is 14.2 Å². The molecule has 0 spiro atoms. The van der Waals surface area contributed by atoms with E-state index in [4.69, 9.17) is 0 Å². The molecule has 1 atom stereocenters. The van der Waals surface area contributed by atoms with Crippen molar-refractivity contribution >= 4 is 27.5 Å². The molecule has 0 aliphatic carbocycles. The number of carbonyl (C=O) groups excluding carboxylic acids is 1. The fourth-order valence-corrected chi connectivity index (χ4v) is 4.22. The Balaban J connectivity index is 1.81. The van der Waals surface area contributed by atoms with Crippen molar-refractivity contribution in [2.45, 2.75) is 39.0 Å². The number of hydrogen-bond donors (Lipinski definition) is 0. The van der Waals surface area contributed by atoms with Crippen LogP contribution in [-0.2, 0) is 11.3 Å².